The molecule has 0 radical (unpaired) electrons. The number of hydrazone groups is 1. The van der Waals surface area contributed by atoms with Crippen molar-refractivity contribution in [3.8, 4) is 11.5 Å². The number of halogens is 1. The zero-order chi connectivity index (χ0) is 27.3. The lowest BCUT2D eigenvalue weighted by atomic mass is 10.1. The fraction of sp³-hybridized carbons (Fsp3) is 0.138. The summed E-state index contributed by atoms with van der Waals surface area (Å²) in [6.07, 6.45) is 1.68. The summed E-state index contributed by atoms with van der Waals surface area (Å²) in [4.78, 5) is 36.4. The van der Waals surface area contributed by atoms with Crippen LogP contribution >= 0.6 is 11.6 Å². The van der Waals surface area contributed by atoms with E-state index < -0.39 is 11.8 Å². The van der Waals surface area contributed by atoms with Crippen LogP contribution in [0.25, 0.3) is 39.2 Å². The number of nitrogens with zero attached hydrogens (tertiary/aromatic N) is 5. The van der Waals surface area contributed by atoms with E-state index in [4.69, 9.17) is 31.0 Å². The van der Waals surface area contributed by atoms with Gasteiger partial charge in [-0.1, -0.05) is 35.9 Å². The number of benzene rings is 3. The first-order valence-corrected chi connectivity index (χ1v) is 12.5. The van der Waals surface area contributed by atoms with E-state index in [1.54, 1.807) is 68.2 Å². The molecule has 3 heterocycles. The summed E-state index contributed by atoms with van der Waals surface area (Å²) in [6.45, 7) is 1.55. The summed E-state index contributed by atoms with van der Waals surface area (Å²) in [5, 5.41) is 6.61. The second kappa shape index (κ2) is 9.52. The molecule has 3 aromatic carbocycles. The van der Waals surface area contributed by atoms with Crippen LogP contribution < -0.4 is 9.47 Å². The molecule has 10 heteroatoms. The number of aromatic nitrogens is 3. The Morgan fingerprint density at radius 1 is 0.974 bits per heavy atom. The van der Waals surface area contributed by atoms with Crippen molar-refractivity contribution >= 4 is 68.3 Å². The molecule has 2 aromatic heterocycles. The number of ether oxygens (including phenoxy) is 2. The second-order valence-electron chi connectivity index (χ2n) is 9.00. The molecule has 0 atom stereocenters. The van der Waals surface area contributed by atoms with Crippen LogP contribution in [0.5, 0.6) is 11.5 Å². The van der Waals surface area contributed by atoms with Gasteiger partial charge < -0.3 is 14.0 Å². The molecule has 6 rings (SSSR count). The number of carbonyl (C=O) groups is 2. The van der Waals surface area contributed by atoms with Crippen molar-refractivity contribution in [3.63, 3.8) is 0 Å². The number of hydrogen-bond donors (Lipinski definition) is 0. The van der Waals surface area contributed by atoms with Gasteiger partial charge in [0, 0.05) is 10.4 Å². The van der Waals surface area contributed by atoms with E-state index in [2.05, 4.69) is 5.10 Å². The van der Waals surface area contributed by atoms with E-state index in [0.717, 1.165) is 15.9 Å². The number of amides is 2. The molecule has 39 heavy (non-hydrogen) atoms. The highest BCUT2D eigenvalue weighted by molar-refractivity contribution is 6.31. The third-order valence-corrected chi connectivity index (χ3v) is 6.86. The Kier molecular flexibility index (Phi) is 6.00. The molecule has 0 aliphatic carbocycles. The predicted octanol–water partition coefficient (Wildman–Crippen LogP) is 5.24. The summed E-state index contributed by atoms with van der Waals surface area (Å²) in [5.41, 5.74) is 4.73. The van der Waals surface area contributed by atoms with Gasteiger partial charge in [-0.25, -0.2) is 9.97 Å². The summed E-state index contributed by atoms with van der Waals surface area (Å²) >= 11 is 6.17. The van der Waals surface area contributed by atoms with Gasteiger partial charge in [-0.05, 0) is 55.0 Å². The third-order valence-electron chi connectivity index (χ3n) is 6.62. The number of carbonyl (C=O) groups excluding carboxylic acids is 2. The fourth-order valence-corrected chi connectivity index (χ4v) is 4.90. The van der Waals surface area contributed by atoms with E-state index in [0.29, 0.717) is 55.6 Å². The topological polar surface area (TPSA) is 98.9 Å². The Labute approximate surface area is 227 Å². The Hall–Kier alpha value is -4.76. The van der Waals surface area contributed by atoms with Crippen LogP contribution in [0.4, 0.5) is 0 Å². The molecule has 0 bridgehead atoms. The maximum atomic E-state index is 13.5. The van der Waals surface area contributed by atoms with E-state index in [1.165, 1.54) is 0 Å². The van der Waals surface area contributed by atoms with Crippen LogP contribution in [0.1, 0.15) is 12.5 Å². The minimum absolute atomic E-state index is 0.149. The SMILES string of the molecule is COc1ccc(C=C2C(=O)N(C(=O)Cn3c4ccccc4c4nc5cc(Cl)ccc5nc43)N=C2C)cc1OC. The molecule has 1 aliphatic heterocycles. The highest BCUT2D eigenvalue weighted by Gasteiger charge is 2.33. The van der Waals surface area contributed by atoms with Gasteiger partial charge in [-0.15, -0.1) is 0 Å². The summed E-state index contributed by atoms with van der Waals surface area (Å²) in [7, 11) is 3.09. The van der Waals surface area contributed by atoms with Gasteiger partial charge in [0.2, 0.25) is 0 Å². The van der Waals surface area contributed by atoms with Gasteiger partial charge in [0.15, 0.2) is 17.1 Å². The Morgan fingerprint density at radius 2 is 1.77 bits per heavy atom. The van der Waals surface area contributed by atoms with Crippen molar-refractivity contribution in [2.75, 3.05) is 14.2 Å². The van der Waals surface area contributed by atoms with Crippen molar-refractivity contribution in [3.05, 3.63) is 76.8 Å². The quantitative estimate of drug-likeness (QED) is 0.283. The fourth-order valence-electron chi connectivity index (χ4n) is 4.74. The standard InChI is InChI=1S/C29H22ClN5O4/c1-16-20(12-17-8-11-24(38-2)25(13-17)39-3)29(37)35(33-16)26(36)15-34-23-7-5-4-6-19(23)27-28(34)32-21-10-9-18(30)14-22(21)31-27/h4-14H,15H2,1-3H3. The molecule has 5 aromatic rings. The average Bonchev–Trinajstić information content (AvgIpc) is 3.40. The van der Waals surface area contributed by atoms with Crippen LogP contribution in [0.15, 0.2) is 71.3 Å². The van der Waals surface area contributed by atoms with Gasteiger partial charge in [-0.2, -0.15) is 10.1 Å². The minimum atomic E-state index is -0.501. The number of hydrogen-bond acceptors (Lipinski definition) is 7. The van der Waals surface area contributed by atoms with Crippen molar-refractivity contribution in [2.45, 2.75) is 13.5 Å². The molecule has 0 unspecified atom stereocenters. The molecule has 0 fully saturated rings. The maximum Gasteiger partial charge on any atom is 0.283 e. The Morgan fingerprint density at radius 3 is 2.56 bits per heavy atom. The molecule has 0 saturated carbocycles. The molecule has 194 valence electrons. The monoisotopic (exact) mass is 539 g/mol. The normalized spacial score (nSPS) is 14.6. The Balaban J connectivity index is 1.36. The number of fused-ring (bicyclic) bond motifs is 4. The molecule has 2 amide bonds. The second-order valence-corrected chi connectivity index (χ2v) is 9.44. The summed E-state index contributed by atoms with van der Waals surface area (Å²) in [5.74, 6) is 0.113. The smallest absolute Gasteiger partial charge is 0.283 e. The highest BCUT2D eigenvalue weighted by Crippen LogP contribution is 2.31. The highest BCUT2D eigenvalue weighted by atomic mass is 35.5. The number of methoxy groups -OCH3 is 2. The molecule has 1 aliphatic rings. The largest absolute Gasteiger partial charge is 0.493 e. The average molecular weight is 540 g/mol. The number of para-hydroxylation sites is 1. The first kappa shape index (κ1) is 24.6. The van der Waals surface area contributed by atoms with Crippen LogP contribution in [0, 0.1) is 0 Å². The van der Waals surface area contributed by atoms with E-state index in [9.17, 15) is 9.59 Å². The van der Waals surface area contributed by atoms with E-state index >= 15 is 0 Å². The number of imide groups is 1. The van der Waals surface area contributed by atoms with Crippen LogP contribution in [0.3, 0.4) is 0 Å². The summed E-state index contributed by atoms with van der Waals surface area (Å²) < 4.78 is 12.4. The van der Waals surface area contributed by atoms with Crippen LogP contribution in [-0.4, -0.2) is 51.3 Å². The molecule has 0 spiro atoms. The van der Waals surface area contributed by atoms with Gasteiger partial charge in [0.05, 0.1) is 42.1 Å². The predicted molar refractivity (Wildman–Crippen MR) is 150 cm³/mol. The van der Waals surface area contributed by atoms with Gasteiger partial charge in [0.25, 0.3) is 11.8 Å². The van der Waals surface area contributed by atoms with Crippen molar-refractivity contribution in [2.24, 2.45) is 5.10 Å². The lowest BCUT2D eigenvalue weighted by Crippen LogP contribution is -2.32. The van der Waals surface area contributed by atoms with Crippen molar-refractivity contribution < 1.29 is 19.1 Å². The molecular formula is C29H22ClN5O4. The van der Waals surface area contributed by atoms with Crippen molar-refractivity contribution in [1.29, 1.82) is 0 Å². The lowest BCUT2D eigenvalue weighted by molar-refractivity contribution is -0.141. The molecule has 0 N–H and O–H groups in total. The van der Waals surface area contributed by atoms with Crippen molar-refractivity contribution in [1.82, 2.24) is 19.5 Å². The molecular weight excluding hydrogens is 518 g/mol. The minimum Gasteiger partial charge on any atom is -0.493 e. The molecule has 9 nitrogen and oxygen atoms in total. The molecule has 0 saturated heterocycles. The van der Waals surface area contributed by atoms with E-state index in [-0.39, 0.29) is 6.54 Å². The van der Waals surface area contributed by atoms with E-state index in [1.807, 2.05) is 24.3 Å². The third kappa shape index (κ3) is 4.17. The first-order valence-electron chi connectivity index (χ1n) is 12.1. The number of rotatable bonds is 5. The van der Waals surface area contributed by atoms with Gasteiger partial charge in [-0.3, -0.25) is 9.59 Å². The van der Waals surface area contributed by atoms with Gasteiger partial charge >= 0.3 is 0 Å². The summed E-state index contributed by atoms with van der Waals surface area (Å²) in [6, 6.07) is 18.2. The maximum absolute atomic E-state index is 13.5. The first-order chi connectivity index (χ1) is 18.9. The Bertz CT molecular complexity index is 1890. The van der Waals surface area contributed by atoms with Crippen LogP contribution in [0.2, 0.25) is 5.02 Å². The van der Waals surface area contributed by atoms with Crippen LogP contribution in [-0.2, 0) is 16.1 Å². The zero-order valence-electron chi connectivity index (χ0n) is 21.3. The lowest BCUT2D eigenvalue weighted by Gasteiger charge is -2.12. The zero-order valence-corrected chi connectivity index (χ0v) is 22.1. The van der Waals surface area contributed by atoms with Gasteiger partial charge in [0.1, 0.15) is 12.1 Å².